The van der Waals surface area contributed by atoms with Crippen molar-refractivity contribution in [2.45, 2.75) is 20.3 Å². The molecule has 116 valence electrons. The van der Waals surface area contributed by atoms with E-state index in [1.54, 1.807) is 0 Å². The number of anilines is 1. The molecule has 0 aliphatic carbocycles. The van der Waals surface area contributed by atoms with E-state index >= 15 is 0 Å². The largest absolute Gasteiger partial charge is 0.478 e. The van der Waals surface area contributed by atoms with Crippen molar-refractivity contribution < 1.29 is 14.7 Å². The van der Waals surface area contributed by atoms with Crippen molar-refractivity contribution in [2.75, 3.05) is 18.5 Å². The Labute approximate surface area is 129 Å². The molecule has 0 unspecified atom stereocenters. The molecule has 5 heteroatoms. The van der Waals surface area contributed by atoms with Gasteiger partial charge < -0.3 is 14.8 Å². The molecule has 0 saturated heterocycles. The molecule has 22 heavy (non-hydrogen) atoms. The molecule has 1 aromatic carbocycles. The molecule has 0 fully saturated rings. The normalized spacial score (nSPS) is 11.4. The van der Waals surface area contributed by atoms with Crippen LogP contribution in [0.3, 0.4) is 0 Å². The number of fused-ring (bicyclic) bond motifs is 1. The van der Waals surface area contributed by atoms with E-state index in [0.717, 1.165) is 18.4 Å². The van der Waals surface area contributed by atoms with E-state index in [1.165, 1.54) is 12.3 Å². The van der Waals surface area contributed by atoms with Gasteiger partial charge in [0.1, 0.15) is 6.29 Å². The Hall–Kier alpha value is -2.43. The Morgan fingerprint density at radius 3 is 2.73 bits per heavy atom. The number of carboxylic acids is 1. The number of hydrogen-bond acceptors (Lipinski definition) is 4. The maximum Gasteiger partial charge on any atom is 0.336 e. The highest BCUT2D eigenvalue weighted by Crippen LogP contribution is 2.25. The van der Waals surface area contributed by atoms with Gasteiger partial charge in [-0.1, -0.05) is 13.8 Å². The van der Waals surface area contributed by atoms with Crippen LogP contribution in [0.2, 0.25) is 0 Å². The molecule has 0 spiro atoms. The summed E-state index contributed by atoms with van der Waals surface area (Å²) in [5.74, 6) is -0.964. The van der Waals surface area contributed by atoms with Crippen molar-refractivity contribution >= 4 is 28.8 Å². The fraction of sp³-hybridized carbons (Fsp3) is 0.353. The van der Waals surface area contributed by atoms with Crippen molar-refractivity contribution in [3.05, 3.63) is 36.0 Å². The van der Waals surface area contributed by atoms with Crippen LogP contribution in [0, 0.1) is 5.41 Å². The summed E-state index contributed by atoms with van der Waals surface area (Å²) in [7, 11) is 1.93. The van der Waals surface area contributed by atoms with Gasteiger partial charge in [0.05, 0.1) is 11.1 Å². The van der Waals surface area contributed by atoms with Gasteiger partial charge >= 0.3 is 5.97 Å². The lowest BCUT2D eigenvalue weighted by molar-refractivity contribution is -0.114. The molecular weight excluding hydrogens is 280 g/mol. The SMILES string of the molecule is CN(CCC(C)(C)C=O)c1ccc2nccc(C(=O)O)c2c1. The lowest BCUT2D eigenvalue weighted by Gasteiger charge is -2.24. The van der Waals surface area contributed by atoms with Crippen LogP contribution in [0.4, 0.5) is 5.69 Å². The first-order valence-electron chi connectivity index (χ1n) is 7.13. The minimum atomic E-state index is -0.964. The Bertz CT molecular complexity index is 710. The van der Waals surface area contributed by atoms with E-state index in [-0.39, 0.29) is 11.0 Å². The van der Waals surface area contributed by atoms with Gasteiger partial charge in [0.25, 0.3) is 0 Å². The second-order valence-electron chi connectivity index (χ2n) is 6.14. The van der Waals surface area contributed by atoms with E-state index < -0.39 is 5.97 Å². The molecule has 0 saturated carbocycles. The van der Waals surface area contributed by atoms with E-state index in [4.69, 9.17) is 0 Å². The average molecular weight is 300 g/mol. The van der Waals surface area contributed by atoms with Gasteiger partial charge in [-0.15, -0.1) is 0 Å². The predicted molar refractivity (Wildman–Crippen MR) is 86.4 cm³/mol. The second kappa shape index (κ2) is 6.13. The summed E-state index contributed by atoms with van der Waals surface area (Å²) in [5.41, 5.74) is 1.45. The predicted octanol–water partition coefficient (Wildman–Crippen LogP) is 2.98. The first kappa shape index (κ1) is 15.9. The molecule has 1 N–H and O–H groups in total. The van der Waals surface area contributed by atoms with E-state index in [0.29, 0.717) is 17.4 Å². The maximum atomic E-state index is 11.3. The first-order valence-corrected chi connectivity index (χ1v) is 7.13. The number of carboxylic acid groups (broad SMARTS) is 1. The number of aromatic nitrogens is 1. The van der Waals surface area contributed by atoms with Crippen LogP contribution in [-0.2, 0) is 4.79 Å². The fourth-order valence-corrected chi connectivity index (χ4v) is 2.20. The molecule has 0 radical (unpaired) electrons. The van der Waals surface area contributed by atoms with Crippen molar-refractivity contribution in [1.82, 2.24) is 4.98 Å². The van der Waals surface area contributed by atoms with Crippen molar-refractivity contribution in [3.8, 4) is 0 Å². The lowest BCUT2D eigenvalue weighted by Crippen LogP contribution is -2.25. The number of nitrogens with zero attached hydrogens (tertiary/aromatic N) is 2. The van der Waals surface area contributed by atoms with Crippen LogP contribution in [0.5, 0.6) is 0 Å². The number of rotatable bonds is 6. The third kappa shape index (κ3) is 3.42. The smallest absolute Gasteiger partial charge is 0.336 e. The van der Waals surface area contributed by atoms with Crippen LogP contribution in [-0.4, -0.2) is 35.9 Å². The molecule has 2 rings (SSSR count). The van der Waals surface area contributed by atoms with Gasteiger partial charge in [-0.2, -0.15) is 0 Å². The number of pyridine rings is 1. The number of hydrogen-bond donors (Lipinski definition) is 1. The van der Waals surface area contributed by atoms with E-state index in [9.17, 15) is 14.7 Å². The highest BCUT2D eigenvalue weighted by atomic mass is 16.4. The number of carbonyl (C=O) groups excluding carboxylic acids is 1. The zero-order valence-corrected chi connectivity index (χ0v) is 13.0. The molecule has 0 bridgehead atoms. The Kier molecular flexibility index (Phi) is 4.45. The summed E-state index contributed by atoms with van der Waals surface area (Å²) in [6, 6.07) is 7.07. The summed E-state index contributed by atoms with van der Waals surface area (Å²) >= 11 is 0. The van der Waals surface area contributed by atoms with Gasteiger partial charge in [-0.05, 0) is 30.7 Å². The first-order chi connectivity index (χ1) is 10.3. The molecule has 1 aromatic heterocycles. The van der Waals surface area contributed by atoms with Crippen molar-refractivity contribution in [1.29, 1.82) is 0 Å². The summed E-state index contributed by atoms with van der Waals surface area (Å²) in [5, 5.41) is 9.89. The topological polar surface area (TPSA) is 70.5 Å². The summed E-state index contributed by atoms with van der Waals surface area (Å²) in [4.78, 5) is 28.5. The maximum absolute atomic E-state index is 11.3. The van der Waals surface area contributed by atoms with E-state index in [1.807, 2.05) is 44.0 Å². The number of aldehydes is 1. The van der Waals surface area contributed by atoms with Crippen LogP contribution in [0.25, 0.3) is 10.9 Å². The zero-order valence-electron chi connectivity index (χ0n) is 13.0. The number of aromatic carboxylic acids is 1. The molecular formula is C17H20N2O3. The van der Waals surface area contributed by atoms with Crippen molar-refractivity contribution in [2.24, 2.45) is 5.41 Å². The quantitative estimate of drug-likeness (QED) is 0.830. The van der Waals surface area contributed by atoms with Crippen LogP contribution in [0.1, 0.15) is 30.6 Å². The fourth-order valence-electron chi connectivity index (χ4n) is 2.20. The number of benzene rings is 1. The summed E-state index contributed by atoms with van der Waals surface area (Å²) in [6.45, 7) is 4.52. The van der Waals surface area contributed by atoms with Crippen molar-refractivity contribution in [3.63, 3.8) is 0 Å². The lowest BCUT2D eigenvalue weighted by atomic mass is 9.91. The van der Waals surface area contributed by atoms with E-state index in [2.05, 4.69) is 4.98 Å². The van der Waals surface area contributed by atoms with Gasteiger partial charge in [0, 0.05) is 36.3 Å². The molecule has 0 aliphatic rings. The monoisotopic (exact) mass is 300 g/mol. The Morgan fingerprint density at radius 1 is 1.36 bits per heavy atom. The third-order valence-electron chi connectivity index (χ3n) is 3.81. The third-order valence-corrected chi connectivity index (χ3v) is 3.81. The molecule has 5 nitrogen and oxygen atoms in total. The molecule has 0 amide bonds. The highest BCUT2D eigenvalue weighted by Gasteiger charge is 2.17. The minimum Gasteiger partial charge on any atom is -0.478 e. The molecule has 1 heterocycles. The van der Waals surface area contributed by atoms with Gasteiger partial charge in [0.2, 0.25) is 0 Å². The van der Waals surface area contributed by atoms with Crippen LogP contribution in [0.15, 0.2) is 30.5 Å². The average Bonchev–Trinajstić information content (AvgIpc) is 2.51. The summed E-state index contributed by atoms with van der Waals surface area (Å²) < 4.78 is 0. The van der Waals surface area contributed by atoms with Gasteiger partial charge in [0.15, 0.2) is 0 Å². The van der Waals surface area contributed by atoms with Crippen LogP contribution >= 0.6 is 0 Å². The van der Waals surface area contributed by atoms with Gasteiger partial charge in [-0.25, -0.2) is 4.79 Å². The van der Waals surface area contributed by atoms with Gasteiger partial charge in [-0.3, -0.25) is 4.98 Å². The van der Waals surface area contributed by atoms with Crippen LogP contribution < -0.4 is 4.90 Å². The summed E-state index contributed by atoms with van der Waals surface area (Å²) in [6.07, 6.45) is 3.19. The minimum absolute atomic E-state index is 0.244. The zero-order chi connectivity index (χ0) is 16.3. The Morgan fingerprint density at radius 2 is 2.09 bits per heavy atom. The Balaban J connectivity index is 2.30. The second-order valence-corrected chi connectivity index (χ2v) is 6.14. The molecule has 2 aromatic rings. The molecule has 0 atom stereocenters. The number of carbonyl (C=O) groups is 2. The standard InChI is InChI=1S/C17H20N2O3/c1-17(2,11-20)7-9-19(3)12-4-5-15-14(10-12)13(16(21)22)6-8-18-15/h4-6,8,10-11H,7,9H2,1-3H3,(H,21,22). The highest BCUT2D eigenvalue weighted by molar-refractivity contribution is 6.03. The molecule has 0 aliphatic heterocycles.